The fraction of sp³-hybridized carbons (Fsp3) is 0.562. The number of amides is 1. The fourth-order valence-electron chi connectivity index (χ4n) is 3.02. The molecule has 0 bridgehead atoms. The predicted octanol–water partition coefficient (Wildman–Crippen LogP) is 1.27. The van der Waals surface area contributed by atoms with Gasteiger partial charge in [0.15, 0.2) is 0 Å². The van der Waals surface area contributed by atoms with Crippen LogP contribution in [0.5, 0.6) is 5.75 Å². The number of rotatable bonds is 4. The first-order valence-electron chi connectivity index (χ1n) is 8.14. The van der Waals surface area contributed by atoms with Crippen LogP contribution < -0.4 is 20.3 Å². The number of ether oxygens (including phenoxy) is 2. The molecule has 3 rings (SSSR count). The van der Waals surface area contributed by atoms with Gasteiger partial charge in [-0.05, 0) is 18.6 Å². The summed E-state index contributed by atoms with van der Waals surface area (Å²) >= 11 is 0. The maximum atomic E-state index is 12.3. The van der Waals surface area contributed by atoms with Gasteiger partial charge < -0.3 is 25.0 Å². The lowest BCUT2D eigenvalue weighted by Crippen LogP contribution is -2.50. The zero-order valence-electron chi connectivity index (χ0n) is 13.5. The first kappa shape index (κ1) is 17.8. The number of nitrogens with one attached hydrogen (secondary N) is 2. The Balaban J connectivity index is 1.55. The van der Waals surface area contributed by atoms with Gasteiger partial charge in [0.1, 0.15) is 11.9 Å². The molecule has 0 saturated carbocycles. The van der Waals surface area contributed by atoms with Crippen molar-refractivity contribution < 1.29 is 27.4 Å². The molecule has 138 valence electrons. The Morgan fingerprint density at radius 2 is 2.24 bits per heavy atom. The van der Waals surface area contributed by atoms with Crippen LogP contribution in [-0.4, -0.2) is 57.2 Å². The van der Waals surface area contributed by atoms with Crippen LogP contribution in [0.25, 0.3) is 0 Å². The maximum Gasteiger partial charge on any atom is 0.573 e. The molecule has 2 N–H and O–H groups in total. The zero-order chi connectivity index (χ0) is 17.9. The van der Waals surface area contributed by atoms with Crippen molar-refractivity contribution in [2.45, 2.75) is 24.9 Å². The van der Waals surface area contributed by atoms with Crippen LogP contribution in [0.1, 0.15) is 6.42 Å². The largest absolute Gasteiger partial charge is 0.573 e. The average molecular weight is 359 g/mol. The Labute approximate surface area is 143 Å². The number of nitrogens with zero attached hydrogens (tertiary/aromatic N) is 1. The lowest BCUT2D eigenvalue weighted by atomic mass is 10.2. The van der Waals surface area contributed by atoms with Gasteiger partial charge in [0.25, 0.3) is 5.91 Å². The molecule has 2 aliphatic heterocycles. The van der Waals surface area contributed by atoms with Crippen LogP contribution in [-0.2, 0) is 9.53 Å². The molecule has 0 aliphatic carbocycles. The molecule has 25 heavy (non-hydrogen) atoms. The van der Waals surface area contributed by atoms with E-state index in [1.54, 1.807) is 6.07 Å². The molecule has 0 aromatic heterocycles. The number of hydrogen-bond donors (Lipinski definition) is 2. The third-order valence-corrected chi connectivity index (χ3v) is 4.17. The number of benzene rings is 1. The standard InChI is InChI=1S/C16H20F3N3O3/c17-16(18,19)25-13-3-1-2-12(8-13)22-6-4-11(10-22)21-15(23)14-9-20-5-7-24-14/h1-3,8,11,14,20H,4-7,9-10H2,(H,21,23). The van der Waals surface area contributed by atoms with E-state index in [1.165, 1.54) is 18.2 Å². The predicted molar refractivity (Wildman–Crippen MR) is 84.5 cm³/mol. The van der Waals surface area contributed by atoms with Crippen LogP contribution in [0.4, 0.5) is 18.9 Å². The number of carbonyl (C=O) groups is 1. The summed E-state index contributed by atoms with van der Waals surface area (Å²) in [4.78, 5) is 14.1. The molecule has 2 aliphatic rings. The van der Waals surface area contributed by atoms with Crippen LogP contribution in [0.15, 0.2) is 24.3 Å². The summed E-state index contributed by atoms with van der Waals surface area (Å²) < 4.78 is 46.4. The highest BCUT2D eigenvalue weighted by Crippen LogP contribution is 2.28. The van der Waals surface area contributed by atoms with Gasteiger partial charge in [-0.3, -0.25) is 4.79 Å². The van der Waals surface area contributed by atoms with E-state index in [0.29, 0.717) is 31.9 Å². The number of hydrogen-bond acceptors (Lipinski definition) is 5. The molecule has 0 radical (unpaired) electrons. The van der Waals surface area contributed by atoms with Gasteiger partial charge in [-0.2, -0.15) is 0 Å². The molecular formula is C16H20F3N3O3. The van der Waals surface area contributed by atoms with Crippen molar-refractivity contribution in [3.63, 3.8) is 0 Å². The van der Waals surface area contributed by atoms with Gasteiger partial charge in [-0.1, -0.05) is 6.07 Å². The highest BCUT2D eigenvalue weighted by Gasteiger charge is 2.32. The minimum absolute atomic E-state index is 0.0646. The van der Waals surface area contributed by atoms with Gasteiger partial charge in [0, 0.05) is 44.0 Å². The Hall–Kier alpha value is -2.00. The summed E-state index contributed by atoms with van der Waals surface area (Å²) in [6, 6.07) is 5.79. The molecule has 2 fully saturated rings. The Kier molecular flexibility index (Phi) is 5.33. The minimum atomic E-state index is -4.71. The van der Waals surface area contributed by atoms with Crippen molar-refractivity contribution in [3.05, 3.63) is 24.3 Å². The summed E-state index contributed by atoms with van der Waals surface area (Å²) in [7, 11) is 0. The summed E-state index contributed by atoms with van der Waals surface area (Å²) in [5, 5.41) is 6.04. The van der Waals surface area contributed by atoms with Crippen molar-refractivity contribution in [1.82, 2.24) is 10.6 Å². The van der Waals surface area contributed by atoms with Crippen molar-refractivity contribution in [2.75, 3.05) is 37.7 Å². The van der Waals surface area contributed by atoms with E-state index in [1.807, 2.05) is 4.90 Å². The summed E-state index contributed by atoms with van der Waals surface area (Å²) in [5.41, 5.74) is 0.633. The molecule has 6 nitrogen and oxygen atoms in total. The average Bonchev–Trinajstić information content (AvgIpc) is 3.03. The molecule has 2 atom stereocenters. The van der Waals surface area contributed by atoms with Gasteiger partial charge in [-0.15, -0.1) is 13.2 Å². The monoisotopic (exact) mass is 359 g/mol. The van der Waals surface area contributed by atoms with E-state index in [-0.39, 0.29) is 17.7 Å². The van der Waals surface area contributed by atoms with Crippen LogP contribution >= 0.6 is 0 Å². The van der Waals surface area contributed by atoms with Crippen molar-refractivity contribution in [1.29, 1.82) is 0 Å². The van der Waals surface area contributed by atoms with Crippen LogP contribution in [0.2, 0.25) is 0 Å². The number of morpholine rings is 1. The molecular weight excluding hydrogens is 339 g/mol. The number of halogens is 3. The second-order valence-corrected chi connectivity index (χ2v) is 6.05. The molecule has 9 heteroatoms. The van der Waals surface area contributed by atoms with E-state index in [4.69, 9.17) is 4.74 Å². The highest BCUT2D eigenvalue weighted by atomic mass is 19.4. The molecule has 1 aromatic rings. The second kappa shape index (κ2) is 7.49. The smallest absolute Gasteiger partial charge is 0.406 e. The Bertz CT molecular complexity index is 606. The molecule has 1 aromatic carbocycles. The normalized spacial score (nSPS) is 24.2. The molecule has 1 amide bonds. The topological polar surface area (TPSA) is 62.8 Å². The van der Waals surface area contributed by atoms with E-state index < -0.39 is 12.5 Å². The third kappa shape index (κ3) is 4.99. The maximum absolute atomic E-state index is 12.3. The van der Waals surface area contributed by atoms with Crippen LogP contribution in [0, 0.1) is 0 Å². The summed E-state index contributed by atoms with van der Waals surface area (Å²) in [5.74, 6) is -0.410. The van der Waals surface area contributed by atoms with Gasteiger partial charge >= 0.3 is 6.36 Å². The molecule has 0 spiro atoms. The van der Waals surface area contributed by atoms with Crippen LogP contribution in [0.3, 0.4) is 0 Å². The first-order valence-corrected chi connectivity index (χ1v) is 8.14. The zero-order valence-corrected chi connectivity index (χ0v) is 13.5. The van der Waals surface area contributed by atoms with Gasteiger partial charge in [-0.25, -0.2) is 0 Å². The molecule has 2 unspecified atom stereocenters. The lowest BCUT2D eigenvalue weighted by molar-refractivity contribution is -0.274. The first-order chi connectivity index (χ1) is 11.9. The molecule has 2 saturated heterocycles. The SMILES string of the molecule is O=C(NC1CCN(c2cccc(OC(F)(F)F)c2)C1)C1CNCCO1. The highest BCUT2D eigenvalue weighted by molar-refractivity contribution is 5.81. The van der Waals surface area contributed by atoms with E-state index in [0.717, 1.165) is 13.0 Å². The van der Waals surface area contributed by atoms with Crippen molar-refractivity contribution >= 4 is 11.6 Å². The van der Waals surface area contributed by atoms with Crippen molar-refractivity contribution in [3.8, 4) is 5.75 Å². The van der Waals surface area contributed by atoms with Gasteiger partial charge in [0.05, 0.1) is 6.61 Å². The quantitative estimate of drug-likeness (QED) is 0.848. The number of alkyl halides is 3. The number of anilines is 1. The van der Waals surface area contributed by atoms with Gasteiger partial charge in [0.2, 0.25) is 0 Å². The summed E-state index contributed by atoms with van der Waals surface area (Å²) in [6.45, 7) is 2.89. The van der Waals surface area contributed by atoms with E-state index in [9.17, 15) is 18.0 Å². The third-order valence-electron chi connectivity index (χ3n) is 4.17. The lowest BCUT2D eigenvalue weighted by Gasteiger charge is -2.25. The minimum Gasteiger partial charge on any atom is -0.406 e. The van der Waals surface area contributed by atoms with Crippen molar-refractivity contribution in [2.24, 2.45) is 0 Å². The fourth-order valence-corrected chi connectivity index (χ4v) is 3.02. The summed E-state index contributed by atoms with van der Waals surface area (Å²) in [6.07, 6.45) is -4.49. The van der Waals surface area contributed by atoms with E-state index >= 15 is 0 Å². The second-order valence-electron chi connectivity index (χ2n) is 6.05. The Morgan fingerprint density at radius 1 is 1.40 bits per heavy atom. The Morgan fingerprint density at radius 3 is 2.96 bits per heavy atom. The van der Waals surface area contributed by atoms with E-state index in [2.05, 4.69) is 15.4 Å². The molecule has 2 heterocycles. The number of carbonyl (C=O) groups excluding carboxylic acids is 1.